The van der Waals surface area contributed by atoms with E-state index >= 15 is 0 Å². The lowest BCUT2D eigenvalue weighted by Crippen LogP contribution is -2.42. The van der Waals surface area contributed by atoms with Crippen molar-refractivity contribution in [2.24, 2.45) is 0 Å². The number of ether oxygens (including phenoxy) is 2. The third-order valence-electron chi connectivity index (χ3n) is 7.71. The lowest BCUT2D eigenvalue weighted by Gasteiger charge is -2.32. The van der Waals surface area contributed by atoms with Gasteiger partial charge in [-0.25, -0.2) is 4.79 Å². The van der Waals surface area contributed by atoms with E-state index in [4.69, 9.17) is 9.47 Å². The number of likely N-dealkylation sites (N-methyl/N-ethyl adjacent to an activating group) is 1. The summed E-state index contributed by atoms with van der Waals surface area (Å²) in [5, 5.41) is 2.93. The lowest BCUT2D eigenvalue weighted by molar-refractivity contribution is 0.0341. The molecule has 2 fully saturated rings. The second-order valence-electron chi connectivity index (χ2n) is 10.6. The summed E-state index contributed by atoms with van der Waals surface area (Å²) in [7, 11) is 1.82. The van der Waals surface area contributed by atoms with Gasteiger partial charge in [-0.1, -0.05) is 54.6 Å². The average Bonchev–Trinajstić information content (AvgIpc) is 3.02. The number of piperidine rings is 1. The van der Waals surface area contributed by atoms with Crippen LogP contribution in [0.2, 0.25) is 0 Å². The van der Waals surface area contributed by atoms with Gasteiger partial charge in [-0.3, -0.25) is 20.0 Å². The van der Waals surface area contributed by atoms with E-state index in [-0.39, 0.29) is 12.0 Å². The van der Waals surface area contributed by atoms with E-state index in [1.54, 1.807) is 11.1 Å². The van der Waals surface area contributed by atoms with Crippen LogP contribution in [0.1, 0.15) is 28.9 Å². The first-order valence-electron chi connectivity index (χ1n) is 14.4. The van der Waals surface area contributed by atoms with Crippen LogP contribution >= 0.6 is 0 Å². The molecule has 0 bridgehead atoms. The van der Waals surface area contributed by atoms with Crippen LogP contribution in [-0.4, -0.2) is 97.3 Å². The Bertz CT molecular complexity index is 1270. The monoisotopic (exact) mass is 557 g/mol. The van der Waals surface area contributed by atoms with Crippen molar-refractivity contribution in [2.75, 3.05) is 64.8 Å². The van der Waals surface area contributed by atoms with Gasteiger partial charge in [0.05, 0.1) is 18.9 Å². The first-order valence-corrected chi connectivity index (χ1v) is 14.4. The van der Waals surface area contributed by atoms with E-state index < -0.39 is 6.09 Å². The molecule has 0 atom stereocenters. The standard InChI is InChI=1S/C32H39N5O4/c1-35(31(38)30-12-11-25(23-33-30)24-37-19-21-40-22-20-37)17-18-36-15-13-27(14-16-36)41-32(39)34-29-10-6-5-9-28(29)26-7-3-2-4-8-26/h2-12,23,27H,13-22,24H2,1H3,(H,34,39). The molecule has 0 saturated carbocycles. The van der Waals surface area contributed by atoms with Gasteiger partial charge in [-0.2, -0.15) is 0 Å². The predicted molar refractivity (Wildman–Crippen MR) is 159 cm³/mol. The second kappa shape index (κ2) is 14.2. The fourth-order valence-corrected chi connectivity index (χ4v) is 5.25. The number of hydrogen-bond donors (Lipinski definition) is 1. The molecule has 2 aromatic carbocycles. The Labute approximate surface area is 242 Å². The van der Waals surface area contributed by atoms with Crippen molar-refractivity contribution >= 4 is 17.7 Å². The number of amides is 2. The molecule has 0 aliphatic carbocycles. The van der Waals surface area contributed by atoms with Crippen molar-refractivity contribution in [3.63, 3.8) is 0 Å². The molecule has 9 nitrogen and oxygen atoms in total. The summed E-state index contributed by atoms with van der Waals surface area (Å²) in [5.41, 5.74) is 4.29. The van der Waals surface area contributed by atoms with Gasteiger partial charge in [-0.15, -0.1) is 0 Å². The first kappa shape index (κ1) is 28.7. The minimum absolute atomic E-state index is 0.0754. The molecule has 1 N–H and O–H groups in total. The fraction of sp³-hybridized carbons (Fsp3) is 0.406. The molecular formula is C32H39N5O4. The zero-order chi connectivity index (χ0) is 28.4. The van der Waals surface area contributed by atoms with Crippen molar-refractivity contribution in [3.8, 4) is 11.1 Å². The summed E-state index contributed by atoms with van der Waals surface area (Å²) in [6.45, 7) is 7.19. The highest BCUT2D eigenvalue weighted by Gasteiger charge is 2.24. The molecule has 3 heterocycles. The van der Waals surface area contributed by atoms with Gasteiger partial charge in [0.2, 0.25) is 0 Å². The van der Waals surface area contributed by atoms with Crippen LogP contribution in [0, 0.1) is 0 Å². The summed E-state index contributed by atoms with van der Waals surface area (Å²) in [6, 6.07) is 21.5. The molecule has 2 aliphatic heterocycles. The molecule has 0 radical (unpaired) electrons. The molecule has 2 amide bonds. The minimum Gasteiger partial charge on any atom is -0.446 e. The second-order valence-corrected chi connectivity index (χ2v) is 10.6. The maximum absolute atomic E-state index is 12.9. The third-order valence-corrected chi connectivity index (χ3v) is 7.71. The zero-order valence-corrected chi connectivity index (χ0v) is 23.7. The number of pyridine rings is 1. The highest BCUT2D eigenvalue weighted by molar-refractivity contribution is 5.92. The number of rotatable bonds is 9. The van der Waals surface area contributed by atoms with Gasteiger partial charge in [0.1, 0.15) is 11.8 Å². The quantitative estimate of drug-likeness (QED) is 0.418. The Morgan fingerprint density at radius 3 is 2.41 bits per heavy atom. The highest BCUT2D eigenvalue weighted by atomic mass is 16.6. The molecule has 41 heavy (non-hydrogen) atoms. The number of nitrogens with one attached hydrogen (secondary N) is 1. The fourth-order valence-electron chi connectivity index (χ4n) is 5.25. The van der Waals surface area contributed by atoms with E-state index in [1.807, 2.05) is 73.8 Å². The van der Waals surface area contributed by atoms with E-state index in [2.05, 4.69) is 20.1 Å². The molecule has 0 spiro atoms. The van der Waals surface area contributed by atoms with Gasteiger partial charge in [0.25, 0.3) is 5.91 Å². The van der Waals surface area contributed by atoms with Crippen molar-refractivity contribution in [2.45, 2.75) is 25.5 Å². The van der Waals surface area contributed by atoms with Gasteiger partial charge >= 0.3 is 6.09 Å². The molecule has 3 aromatic rings. The van der Waals surface area contributed by atoms with E-state index in [9.17, 15) is 9.59 Å². The predicted octanol–water partition coefficient (Wildman–Crippen LogP) is 4.37. The maximum atomic E-state index is 12.9. The Kier molecular flexibility index (Phi) is 9.96. The summed E-state index contributed by atoms with van der Waals surface area (Å²) in [4.78, 5) is 36.4. The third kappa shape index (κ3) is 8.13. The molecular weight excluding hydrogens is 518 g/mol. The van der Waals surface area contributed by atoms with Crippen LogP contribution in [0.25, 0.3) is 11.1 Å². The first-order chi connectivity index (χ1) is 20.0. The Morgan fingerprint density at radius 2 is 1.68 bits per heavy atom. The van der Waals surface area contributed by atoms with Crippen molar-refractivity contribution in [3.05, 3.63) is 84.2 Å². The van der Waals surface area contributed by atoms with Gasteiger partial charge in [0, 0.05) is 64.6 Å². The number of carbonyl (C=O) groups excluding carboxylic acids is 2. The number of benzene rings is 2. The number of anilines is 1. The molecule has 9 heteroatoms. The smallest absolute Gasteiger partial charge is 0.411 e. The lowest BCUT2D eigenvalue weighted by atomic mass is 10.0. The van der Waals surface area contributed by atoms with Crippen LogP contribution in [0.15, 0.2) is 72.9 Å². The summed E-state index contributed by atoms with van der Waals surface area (Å²) < 4.78 is 11.2. The topological polar surface area (TPSA) is 87.2 Å². The Balaban J connectivity index is 1.03. The largest absolute Gasteiger partial charge is 0.446 e. The SMILES string of the molecule is CN(CCN1CCC(OC(=O)Nc2ccccc2-c2ccccc2)CC1)C(=O)c1ccc(CN2CCOCC2)cn1. The Morgan fingerprint density at radius 1 is 0.951 bits per heavy atom. The molecule has 0 unspecified atom stereocenters. The summed E-state index contributed by atoms with van der Waals surface area (Å²) >= 11 is 0. The van der Waals surface area contributed by atoms with Crippen molar-refractivity contribution in [1.82, 2.24) is 19.7 Å². The van der Waals surface area contributed by atoms with E-state index in [0.717, 1.165) is 87.7 Å². The molecule has 2 aliphatic rings. The van der Waals surface area contributed by atoms with Gasteiger partial charge < -0.3 is 19.3 Å². The summed E-state index contributed by atoms with van der Waals surface area (Å²) in [5.74, 6) is -0.0754. The van der Waals surface area contributed by atoms with Crippen LogP contribution in [-0.2, 0) is 16.0 Å². The van der Waals surface area contributed by atoms with Gasteiger partial charge in [-0.05, 0) is 36.1 Å². The number of likely N-dealkylation sites (tertiary alicyclic amines) is 1. The Hall–Kier alpha value is -3.79. The van der Waals surface area contributed by atoms with Crippen LogP contribution in [0.5, 0.6) is 0 Å². The maximum Gasteiger partial charge on any atom is 0.411 e. The number of nitrogens with zero attached hydrogens (tertiary/aromatic N) is 4. The number of hydrogen-bond acceptors (Lipinski definition) is 7. The highest BCUT2D eigenvalue weighted by Crippen LogP contribution is 2.28. The van der Waals surface area contributed by atoms with Crippen LogP contribution < -0.4 is 5.32 Å². The van der Waals surface area contributed by atoms with Crippen LogP contribution in [0.4, 0.5) is 10.5 Å². The molecule has 1 aromatic heterocycles. The van der Waals surface area contributed by atoms with Gasteiger partial charge in [0.15, 0.2) is 0 Å². The number of carbonyl (C=O) groups is 2. The molecule has 5 rings (SSSR count). The van der Waals surface area contributed by atoms with E-state index in [0.29, 0.717) is 12.2 Å². The van der Waals surface area contributed by atoms with Crippen molar-refractivity contribution in [1.29, 1.82) is 0 Å². The molecule has 216 valence electrons. The zero-order valence-electron chi connectivity index (χ0n) is 23.7. The molecule has 2 saturated heterocycles. The number of para-hydroxylation sites is 1. The normalized spacial score (nSPS) is 16.7. The average molecular weight is 558 g/mol. The summed E-state index contributed by atoms with van der Waals surface area (Å²) in [6.07, 6.45) is 2.77. The number of aromatic nitrogens is 1. The minimum atomic E-state index is -0.430. The van der Waals surface area contributed by atoms with Crippen LogP contribution in [0.3, 0.4) is 0 Å². The van der Waals surface area contributed by atoms with Crippen molar-refractivity contribution < 1.29 is 19.1 Å². The van der Waals surface area contributed by atoms with E-state index in [1.165, 1.54) is 0 Å². The number of morpholine rings is 1.